The average molecular weight is 628 g/mol. The molecule has 0 heterocycles. The molecule has 208 valence electrons. The first kappa shape index (κ1) is 29.1. The fraction of sp³-hybridized carbons (Fsp3) is 0.167. The van der Waals surface area contributed by atoms with Gasteiger partial charge >= 0.3 is 0 Å². The van der Waals surface area contributed by atoms with Gasteiger partial charge in [-0.25, -0.2) is 12.8 Å². The normalized spacial score (nSPS) is 11.1. The summed E-state index contributed by atoms with van der Waals surface area (Å²) in [7, 11) is -2.59. The summed E-state index contributed by atoms with van der Waals surface area (Å²) in [6.45, 7) is 1.99. The van der Waals surface area contributed by atoms with Gasteiger partial charge < -0.3 is 14.8 Å². The van der Waals surface area contributed by atoms with Gasteiger partial charge in [0.05, 0.1) is 22.2 Å². The SMILES string of the molecule is COc1ccc(S(=O)(=O)N(CC(=O)NCc2ccc(OCc3ccc(F)cc3)cc2)c2ccc(C)cc2)cc1Br. The van der Waals surface area contributed by atoms with Crippen LogP contribution in [0.4, 0.5) is 10.1 Å². The van der Waals surface area contributed by atoms with Crippen LogP contribution in [0.5, 0.6) is 11.5 Å². The number of aryl methyl sites for hydroxylation is 1. The van der Waals surface area contributed by atoms with E-state index < -0.39 is 22.5 Å². The number of benzene rings is 4. The molecule has 40 heavy (non-hydrogen) atoms. The van der Waals surface area contributed by atoms with Gasteiger partial charge in [-0.15, -0.1) is 0 Å². The zero-order valence-corrected chi connectivity index (χ0v) is 24.3. The number of rotatable bonds is 11. The molecule has 1 amide bonds. The molecule has 0 bridgehead atoms. The summed E-state index contributed by atoms with van der Waals surface area (Å²) in [6.07, 6.45) is 0. The van der Waals surface area contributed by atoms with Crippen LogP contribution >= 0.6 is 15.9 Å². The Morgan fingerprint density at radius 2 is 1.57 bits per heavy atom. The topological polar surface area (TPSA) is 84.9 Å². The van der Waals surface area contributed by atoms with Crippen molar-refractivity contribution in [3.63, 3.8) is 0 Å². The number of halogens is 2. The monoisotopic (exact) mass is 626 g/mol. The van der Waals surface area contributed by atoms with Crippen LogP contribution in [0.2, 0.25) is 0 Å². The first-order valence-corrected chi connectivity index (χ1v) is 14.5. The lowest BCUT2D eigenvalue weighted by atomic mass is 10.2. The Balaban J connectivity index is 1.43. The molecular formula is C30H28BrFN2O5S. The number of nitrogens with zero attached hydrogens (tertiary/aromatic N) is 1. The number of anilines is 1. The molecule has 0 radical (unpaired) electrons. The fourth-order valence-electron chi connectivity index (χ4n) is 3.80. The molecule has 4 aromatic rings. The molecule has 10 heteroatoms. The molecule has 0 spiro atoms. The van der Waals surface area contributed by atoms with Gasteiger partial charge in [0.25, 0.3) is 10.0 Å². The molecule has 1 N–H and O–H groups in total. The molecular weight excluding hydrogens is 599 g/mol. The van der Waals surface area contributed by atoms with E-state index in [0.29, 0.717) is 28.3 Å². The van der Waals surface area contributed by atoms with E-state index in [1.807, 2.05) is 19.1 Å². The number of methoxy groups -OCH3 is 1. The maximum Gasteiger partial charge on any atom is 0.264 e. The minimum atomic E-state index is -4.08. The first-order valence-electron chi connectivity index (χ1n) is 12.3. The molecule has 0 saturated carbocycles. The van der Waals surface area contributed by atoms with Crippen LogP contribution in [0, 0.1) is 12.7 Å². The summed E-state index contributed by atoms with van der Waals surface area (Å²) < 4.78 is 52.9. The summed E-state index contributed by atoms with van der Waals surface area (Å²) in [5.74, 6) is 0.351. The maximum atomic E-state index is 13.6. The van der Waals surface area contributed by atoms with Crippen molar-refractivity contribution in [2.24, 2.45) is 0 Å². The van der Waals surface area contributed by atoms with E-state index in [-0.39, 0.29) is 17.3 Å². The molecule has 0 aliphatic rings. The van der Waals surface area contributed by atoms with E-state index in [1.54, 1.807) is 54.6 Å². The lowest BCUT2D eigenvalue weighted by Crippen LogP contribution is -2.40. The first-order chi connectivity index (χ1) is 19.2. The summed E-state index contributed by atoms with van der Waals surface area (Å²) in [5.41, 5.74) is 2.98. The zero-order chi connectivity index (χ0) is 28.7. The van der Waals surface area contributed by atoms with Gasteiger partial charge in [0.15, 0.2) is 0 Å². The van der Waals surface area contributed by atoms with Gasteiger partial charge in [-0.3, -0.25) is 9.10 Å². The molecule has 4 rings (SSSR count). The maximum absolute atomic E-state index is 13.6. The lowest BCUT2D eigenvalue weighted by Gasteiger charge is -2.24. The van der Waals surface area contributed by atoms with Crippen molar-refractivity contribution in [1.29, 1.82) is 0 Å². The second kappa shape index (κ2) is 13.0. The zero-order valence-electron chi connectivity index (χ0n) is 21.9. The van der Waals surface area contributed by atoms with Crippen LogP contribution in [0.1, 0.15) is 16.7 Å². The van der Waals surface area contributed by atoms with E-state index in [0.717, 1.165) is 21.0 Å². The fourth-order valence-corrected chi connectivity index (χ4v) is 5.94. The second-order valence-electron chi connectivity index (χ2n) is 8.98. The molecule has 0 aromatic heterocycles. The summed E-state index contributed by atoms with van der Waals surface area (Å²) in [4.78, 5) is 13.0. The average Bonchev–Trinajstić information content (AvgIpc) is 2.95. The number of carbonyl (C=O) groups is 1. The van der Waals surface area contributed by atoms with Crippen LogP contribution in [-0.2, 0) is 28.0 Å². The Hall–Kier alpha value is -3.89. The Morgan fingerprint density at radius 1 is 0.925 bits per heavy atom. The van der Waals surface area contributed by atoms with E-state index in [4.69, 9.17) is 9.47 Å². The number of ether oxygens (including phenoxy) is 2. The van der Waals surface area contributed by atoms with Crippen molar-refractivity contribution in [2.75, 3.05) is 18.0 Å². The van der Waals surface area contributed by atoms with Crippen LogP contribution in [0.15, 0.2) is 100 Å². The van der Waals surface area contributed by atoms with E-state index >= 15 is 0 Å². The molecule has 0 unspecified atom stereocenters. The highest BCUT2D eigenvalue weighted by atomic mass is 79.9. The quantitative estimate of drug-likeness (QED) is 0.221. The van der Waals surface area contributed by atoms with Crippen molar-refractivity contribution in [3.05, 3.63) is 118 Å². The Kier molecular flexibility index (Phi) is 9.44. The van der Waals surface area contributed by atoms with Gasteiger partial charge in [0, 0.05) is 6.54 Å². The van der Waals surface area contributed by atoms with E-state index in [1.165, 1.54) is 31.4 Å². The summed E-state index contributed by atoms with van der Waals surface area (Å²) in [6, 6.07) is 24.6. The Morgan fingerprint density at radius 3 is 2.20 bits per heavy atom. The van der Waals surface area contributed by atoms with E-state index in [2.05, 4.69) is 21.2 Å². The standard InChI is InChI=1S/C30H28BrFN2O5S/c1-21-3-11-25(12-4-21)34(40(36,37)27-15-16-29(38-2)28(31)17-27)19-30(35)33-18-22-7-13-26(14-8-22)39-20-23-5-9-24(32)10-6-23/h3-17H,18-20H2,1-2H3,(H,33,35). The van der Waals surface area contributed by atoms with Crippen LogP contribution in [0.3, 0.4) is 0 Å². The van der Waals surface area contributed by atoms with Crippen molar-refractivity contribution < 1.29 is 27.1 Å². The van der Waals surface area contributed by atoms with Gasteiger partial charge in [-0.05, 0) is 88.6 Å². The Bertz CT molecular complexity index is 1560. The highest BCUT2D eigenvalue weighted by Gasteiger charge is 2.28. The van der Waals surface area contributed by atoms with Gasteiger partial charge in [0.2, 0.25) is 5.91 Å². The minimum Gasteiger partial charge on any atom is -0.496 e. The molecule has 0 aliphatic carbocycles. The third kappa shape index (κ3) is 7.40. The molecule has 4 aromatic carbocycles. The number of amides is 1. The number of carbonyl (C=O) groups excluding carboxylic acids is 1. The predicted molar refractivity (Wildman–Crippen MR) is 155 cm³/mol. The predicted octanol–water partition coefficient (Wildman–Crippen LogP) is 6.00. The summed E-state index contributed by atoms with van der Waals surface area (Å²) in [5, 5.41) is 2.80. The van der Waals surface area contributed by atoms with Crippen molar-refractivity contribution in [2.45, 2.75) is 25.0 Å². The number of nitrogens with one attached hydrogen (secondary N) is 1. The minimum absolute atomic E-state index is 0.0183. The van der Waals surface area contributed by atoms with Gasteiger partial charge in [-0.1, -0.05) is 42.0 Å². The summed E-state index contributed by atoms with van der Waals surface area (Å²) >= 11 is 3.34. The number of sulfonamides is 1. The van der Waals surface area contributed by atoms with Crippen molar-refractivity contribution in [3.8, 4) is 11.5 Å². The highest BCUT2D eigenvalue weighted by Crippen LogP contribution is 2.30. The Labute approximate surface area is 241 Å². The molecule has 0 aliphatic heterocycles. The lowest BCUT2D eigenvalue weighted by molar-refractivity contribution is -0.119. The molecule has 0 fully saturated rings. The van der Waals surface area contributed by atoms with E-state index in [9.17, 15) is 17.6 Å². The smallest absolute Gasteiger partial charge is 0.264 e. The largest absolute Gasteiger partial charge is 0.496 e. The van der Waals surface area contributed by atoms with Crippen molar-refractivity contribution >= 4 is 37.5 Å². The van der Waals surface area contributed by atoms with Crippen molar-refractivity contribution in [1.82, 2.24) is 5.32 Å². The number of hydrogen-bond acceptors (Lipinski definition) is 5. The molecule has 0 saturated heterocycles. The van der Waals surface area contributed by atoms with Crippen LogP contribution in [-0.4, -0.2) is 28.0 Å². The molecule has 0 atom stereocenters. The van der Waals surface area contributed by atoms with Crippen LogP contribution < -0.4 is 19.1 Å². The third-order valence-electron chi connectivity index (χ3n) is 6.05. The third-order valence-corrected chi connectivity index (χ3v) is 8.44. The highest BCUT2D eigenvalue weighted by molar-refractivity contribution is 9.10. The van der Waals surface area contributed by atoms with Gasteiger partial charge in [0.1, 0.15) is 30.5 Å². The van der Waals surface area contributed by atoms with Gasteiger partial charge in [-0.2, -0.15) is 0 Å². The number of hydrogen-bond donors (Lipinski definition) is 1. The molecule has 7 nitrogen and oxygen atoms in total. The van der Waals surface area contributed by atoms with Crippen LogP contribution in [0.25, 0.3) is 0 Å². The second-order valence-corrected chi connectivity index (χ2v) is 11.7.